The number of carbonyl (C=O) groups is 1. The van der Waals surface area contributed by atoms with Gasteiger partial charge in [-0.1, -0.05) is 0 Å². The number of nitrogens with zero attached hydrogens (tertiary/aromatic N) is 8. The standard InChI is InChI=1S/C35H45N9O5/c1-22-29(40-33(45)49-34(2,3)4)35(21-48-22)12-16-42(17-13-35)26-20-37-28-30(39-26)44(27-9-5-6-18-46-27)41-31(28)43-15-7-8-23-25(43)11-10-24(38-23)32-36-14-19-47-32/h10-11,14,19-20,22,27,29H,5-9,12-13,15-18,21H2,1-4H3,(H,40,45)/t22-,27?,29+/m0/s1. The Morgan fingerprint density at radius 3 is 2.67 bits per heavy atom. The lowest BCUT2D eigenvalue weighted by Crippen LogP contribution is -2.55. The third-order valence-electron chi connectivity index (χ3n) is 10.3. The molecule has 4 aromatic heterocycles. The number of alkyl carbamates (subject to hydrolysis) is 1. The molecule has 260 valence electrons. The van der Waals surface area contributed by atoms with Crippen LogP contribution in [0, 0.1) is 5.41 Å². The maximum atomic E-state index is 12.8. The minimum absolute atomic E-state index is 0.0954. The van der Waals surface area contributed by atoms with E-state index >= 15 is 0 Å². The fourth-order valence-corrected chi connectivity index (χ4v) is 7.80. The number of nitrogens with one attached hydrogen (secondary N) is 1. The first-order chi connectivity index (χ1) is 23.7. The molecule has 3 saturated heterocycles. The molecule has 0 radical (unpaired) electrons. The van der Waals surface area contributed by atoms with Crippen LogP contribution < -0.4 is 15.1 Å². The lowest BCUT2D eigenvalue weighted by Gasteiger charge is -2.42. The molecule has 49 heavy (non-hydrogen) atoms. The van der Waals surface area contributed by atoms with E-state index in [2.05, 4.69) is 26.2 Å². The molecule has 1 spiro atoms. The summed E-state index contributed by atoms with van der Waals surface area (Å²) in [4.78, 5) is 36.7. The molecule has 0 saturated carbocycles. The normalized spacial score (nSPS) is 24.0. The fraction of sp³-hybridized carbons (Fsp3) is 0.600. The van der Waals surface area contributed by atoms with Gasteiger partial charge in [0.15, 0.2) is 23.2 Å². The van der Waals surface area contributed by atoms with Crippen LogP contribution >= 0.6 is 0 Å². The highest BCUT2D eigenvalue weighted by molar-refractivity contribution is 5.88. The topological polar surface area (TPSA) is 146 Å². The number of piperidine rings is 1. The highest BCUT2D eigenvalue weighted by Gasteiger charge is 2.50. The van der Waals surface area contributed by atoms with Crippen molar-refractivity contribution >= 4 is 34.6 Å². The summed E-state index contributed by atoms with van der Waals surface area (Å²) in [5.74, 6) is 2.09. The Morgan fingerprint density at radius 1 is 1.06 bits per heavy atom. The molecule has 4 aliphatic rings. The van der Waals surface area contributed by atoms with Crippen molar-refractivity contribution < 1.29 is 23.4 Å². The van der Waals surface area contributed by atoms with Crippen molar-refractivity contribution in [3.8, 4) is 11.6 Å². The van der Waals surface area contributed by atoms with Gasteiger partial charge in [0.05, 0.1) is 42.5 Å². The molecule has 3 fully saturated rings. The van der Waals surface area contributed by atoms with Crippen LogP contribution in [0.2, 0.25) is 0 Å². The van der Waals surface area contributed by atoms with Crippen LogP contribution in [0.25, 0.3) is 22.7 Å². The first kappa shape index (κ1) is 31.9. The Morgan fingerprint density at radius 2 is 1.92 bits per heavy atom. The van der Waals surface area contributed by atoms with Gasteiger partial charge in [0, 0.05) is 31.7 Å². The summed E-state index contributed by atoms with van der Waals surface area (Å²) in [6.07, 6.45) is 10.8. The van der Waals surface area contributed by atoms with Gasteiger partial charge in [-0.2, -0.15) is 0 Å². The molecule has 1 N–H and O–H groups in total. The average Bonchev–Trinajstić information content (AvgIpc) is 3.84. The summed E-state index contributed by atoms with van der Waals surface area (Å²) in [7, 11) is 0. The van der Waals surface area contributed by atoms with Crippen molar-refractivity contribution in [2.24, 2.45) is 5.41 Å². The Bertz CT molecular complexity index is 1810. The zero-order chi connectivity index (χ0) is 33.8. The van der Waals surface area contributed by atoms with Crippen LogP contribution in [0.5, 0.6) is 0 Å². The van der Waals surface area contributed by atoms with Gasteiger partial charge < -0.3 is 33.7 Å². The maximum absolute atomic E-state index is 12.8. The van der Waals surface area contributed by atoms with E-state index in [1.807, 2.05) is 44.6 Å². The molecule has 14 heteroatoms. The maximum Gasteiger partial charge on any atom is 0.407 e. The van der Waals surface area contributed by atoms with E-state index in [0.29, 0.717) is 19.1 Å². The van der Waals surface area contributed by atoms with Gasteiger partial charge in [-0.15, -0.1) is 5.10 Å². The molecule has 4 aliphatic heterocycles. The van der Waals surface area contributed by atoms with Crippen LogP contribution in [0.3, 0.4) is 0 Å². The first-order valence-electron chi connectivity index (χ1n) is 17.6. The number of oxazole rings is 1. The second-order valence-electron chi connectivity index (χ2n) is 14.7. The molecule has 8 rings (SSSR count). The number of hydrogen-bond donors (Lipinski definition) is 1. The largest absolute Gasteiger partial charge is 0.444 e. The second kappa shape index (κ2) is 12.5. The highest BCUT2D eigenvalue weighted by Crippen LogP contribution is 2.44. The number of amides is 1. The number of aryl methyl sites for hydroxylation is 1. The van der Waals surface area contributed by atoms with Crippen molar-refractivity contribution in [3.63, 3.8) is 0 Å². The van der Waals surface area contributed by atoms with Crippen molar-refractivity contribution in [1.29, 1.82) is 0 Å². The van der Waals surface area contributed by atoms with Crippen LogP contribution in [0.1, 0.15) is 78.1 Å². The molecular formula is C35H45N9O5. The Kier molecular flexibility index (Phi) is 8.18. The predicted octanol–water partition coefficient (Wildman–Crippen LogP) is 5.56. The van der Waals surface area contributed by atoms with E-state index in [-0.39, 0.29) is 23.8 Å². The smallest absolute Gasteiger partial charge is 0.407 e. The molecule has 0 aliphatic carbocycles. The zero-order valence-corrected chi connectivity index (χ0v) is 28.7. The molecule has 1 amide bonds. The minimum Gasteiger partial charge on any atom is -0.444 e. The molecule has 4 aromatic rings. The Hall–Kier alpha value is -4.30. The van der Waals surface area contributed by atoms with Gasteiger partial charge in [-0.3, -0.25) is 0 Å². The van der Waals surface area contributed by atoms with E-state index in [1.165, 1.54) is 0 Å². The Balaban J connectivity index is 1.07. The number of fused-ring (bicyclic) bond motifs is 2. The summed E-state index contributed by atoms with van der Waals surface area (Å²) >= 11 is 0. The van der Waals surface area contributed by atoms with Crippen molar-refractivity contribution in [2.75, 3.05) is 42.6 Å². The van der Waals surface area contributed by atoms with Crippen LogP contribution in [-0.2, 0) is 20.6 Å². The van der Waals surface area contributed by atoms with Crippen molar-refractivity contribution in [2.45, 2.75) is 96.6 Å². The summed E-state index contributed by atoms with van der Waals surface area (Å²) in [5, 5.41) is 8.31. The molecule has 8 heterocycles. The van der Waals surface area contributed by atoms with Gasteiger partial charge in [0.1, 0.15) is 23.4 Å². The quantitative estimate of drug-likeness (QED) is 0.284. The monoisotopic (exact) mass is 671 g/mol. The summed E-state index contributed by atoms with van der Waals surface area (Å²) in [6, 6.07) is 3.90. The lowest BCUT2D eigenvalue weighted by molar-refractivity contribution is -0.0368. The summed E-state index contributed by atoms with van der Waals surface area (Å²) in [5.41, 5.74) is 3.44. The van der Waals surface area contributed by atoms with E-state index in [9.17, 15) is 4.79 Å². The molecule has 1 unspecified atom stereocenters. The third kappa shape index (κ3) is 6.09. The third-order valence-corrected chi connectivity index (χ3v) is 10.3. The van der Waals surface area contributed by atoms with Gasteiger partial charge >= 0.3 is 6.09 Å². The average molecular weight is 672 g/mol. The molecule has 0 bridgehead atoms. The number of aromatic nitrogens is 6. The van der Waals surface area contributed by atoms with E-state index in [1.54, 1.807) is 12.5 Å². The highest BCUT2D eigenvalue weighted by atomic mass is 16.6. The first-order valence-corrected chi connectivity index (χ1v) is 17.6. The zero-order valence-electron chi connectivity index (χ0n) is 28.7. The van der Waals surface area contributed by atoms with Gasteiger partial charge in [0.2, 0.25) is 5.89 Å². The van der Waals surface area contributed by atoms with E-state index < -0.39 is 11.7 Å². The number of pyridine rings is 1. The van der Waals surface area contributed by atoms with Crippen LogP contribution in [-0.4, -0.2) is 86.4 Å². The van der Waals surface area contributed by atoms with Gasteiger partial charge in [-0.25, -0.2) is 29.4 Å². The molecular weight excluding hydrogens is 626 g/mol. The second-order valence-corrected chi connectivity index (χ2v) is 14.7. The minimum atomic E-state index is -0.564. The van der Waals surface area contributed by atoms with Crippen molar-refractivity contribution in [3.05, 3.63) is 36.5 Å². The van der Waals surface area contributed by atoms with Crippen LogP contribution in [0.4, 0.5) is 22.1 Å². The van der Waals surface area contributed by atoms with E-state index in [0.717, 1.165) is 104 Å². The predicted molar refractivity (Wildman–Crippen MR) is 182 cm³/mol. The number of anilines is 3. The van der Waals surface area contributed by atoms with Crippen molar-refractivity contribution in [1.82, 2.24) is 35.0 Å². The number of rotatable bonds is 5. The lowest BCUT2D eigenvalue weighted by atomic mass is 9.73. The molecule has 3 atom stereocenters. The summed E-state index contributed by atoms with van der Waals surface area (Å²) < 4.78 is 25.4. The van der Waals surface area contributed by atoms with Gasteiger partial charge in [0.25, 0.3) is 0 Å². The van der Waals surface area contributed by atoms with Crippen LogP contribution in [0.15, 0.2) is 35.2 Å². The van der Waals surface area contributed by atoms with Gasteiger partial charge in [-0.05, 0) is 84.8 Å². The SMILES string of the molecule is C[C@@H]1OCC2(CCN(c3cnc4c(N5CCCc6nc(-c7ncco7)ccc65)nn(C5CCCCO5)c4n3)CC2)[C@@H]1NC(=O)OC(C)(C)C. The Labute approximate surface area is 285 Å². The summed E-state index contributed by atoms with van der Waals surface area (Å²) in [6.45, 7) is 11.3. The van der Waals surface area contributed by atoms with E-state index in [4.69, 9.17) is 38.7 Å². The number of ether oxygens (including phenoxy) is 3. The number of hydrogen-bond acceptors (Lipinski definition) is 12. The molecule has 0 aromatic carbocycles. The number of carbonyl (C=O) groups excluding carboxylic acids is 1. The molecule has 14 nitrogen and oxygen atoms in total. The fourth-order valence-electron chi connectivity index (χ4n) is 7.80.